The molecule has 3 aromatic carbocycles. The normalized spacial score (nSPS) is 13.7. The molecule has 0 radical (unpaired) electrons. The quantitative estimate of drug-likeness (QED) is 0.0485. The van der Waals surface area contributed by atoms with E-state index in [4.69, 9.17) is 0 Å². The van der Waals surface area contributed by atoms with Crippen molar-refractivity contribution in [2.75, 3.05) is 32.7 Å². The third-order valence-corrected chi connectivity index (χ3v) is 9.36. The Morgan fingerprint density at radius 2 is 1.29 bits per heavy atom. The second-order valence-electron chi connectivity index (χ2n) is 12.9. The number of carbonyl (C=O) groups is 4. The fourth-order valence-electron chi connectivity index (χ4n) is 6.71. The number of carbonyl (C=O) groups excluding carboxylic acids is 4. The predicted molar refractivity (Wildman–Crippen MR) is 201 cm³/mol. The largest absolute Gasteiger partial charge is 0.317 e. The maximum absolute atomic E-state index is 13.1. The monoisotopic (exact) mass is 663 g/mol. The van der Waals surface area contributed by atoms with Gasteiger partial charge in [0.15, 0.2) is 11.6 Å². The Balaban J connectivity index is 0.972. The molecule has 3 aromatic rings. The first-order valence-electron chi connectivity index (χ1n) is 18.1. The van der Waals surface area contributed by atoms with Crippen molar-refractivity contribution in [1.29, 1.82) is 0 Å². The van der Waals surface area contributed by atoms with Gasteiger partial charge in [0.05, 0.1) is 0 Å². The van der Waals surface area contributed by atoms with Gasteiger partial charge in [-0.15, -0.1) is 0 Å². The molecule has 7 nitrogen and oxygen atoms in total. The maximum Gasteiger partial charge on any atom is 0.261 e. The van der Waals surface area contributed by atoms with E-state index in [9.17, 15) is 19.2 Å². The summed E-state index contributed by atoms with van der Waals surface area (Å²) in [7, 11) is 0. The highest BCUT2D eigenvalue weighted by Crippen LogP contribution is 2.32. The highest BCUT2D eigenvalue weighted by molar-refractivity contribution is 6.31. The van der Waals surface area contributed by atoms with E-state index < -0.39 is 0 Å². The highest BCUT2D eigenvalue weighted by Gasteiger charge is 2.35. The average Bonchev–Trinajstić information content (AvgIpc) is 3.11. The molecular weight excluding hydrogens is 610 g/mol. The van der Waals surface area contributed by atoms with Crippen LogP contribution >= 0.6 is 0 Å². The predicted octanol–water partition coefficient (Wildman–Crippen LogP) is 8.42. The smallest absolute Gasteiger partial charge is 0.261 e. The molecule has 260 valence electrons. The molecule has 0 aromatic heterocycles. The van der Waals surface area contributed by atoms with Gasteiger partial charge in [-0.1, -0.05) is 99.4 Å². The van der Waals surface area contributed by atoms with Crippen molar-refractivity contribution in [2.24, 2.45) is 0 Å². The summed E-state index contributed by atoms with van der Waals surface area (Å²) in [6, 6.07) is 16.8. The van der Waals surface area contributed by atoms with E-state index in [-0.39, 0.29) is 23.4 Å². The molecule has 4 rings (SSSR count). The molecule has 0 saturated heterocycles. The molecule has 0 bridgehead atoms. The van der Waals surface area contributed by atoms with Gasteiger partial charge in [0.25, 0.3) is 11.8 Å². The summed E-state index contributed by atoms with van der Waals surface area (Å²) in [5, 5.41) is 8.71. The van der Waals surface area contributed by atoms with Crippen molar-refractivity contribution in [1.82, 2.24) is 15.5 Å². The molecule has 2 N–H and O–H groups in total. The summed E-state index contributed by atoms with van der Waals surface area (Å²) in [6.45, 7) is 11.3. The van der Waals surface area contributed by atoms with Gasteiger partial charge in [0, 0.05) is 46.2 Å². The SMILES string of the molecule is C=Cc1cccc2c1/C(=C\C)C(=O)N(CCCNCCCCCCCCCNCCCCC(=O)c1cccc3cccc(C(C)=O)c13)C2=O. The number of nitrogens with zero attached hydrogens (tertiary/aromatic N) is 1. The zero-order valence-electron chi connectivity index (χ0n) is 29.5. The number of fused-ring (bicyclic) bond motifs is 2. The Morgan fingerprint density at radius 1 is 0.714 bits per heavy atom. The fraction of sp³-hybridized carbons (Fsp3) is 0.429. The summed E-state index contributed by atoms with van der Waals surface area (Å²) in [6.07, 6.45) is 15.0. The van der Waals surface area contributed by atoms with E-state index in [1.807, 2.05) is 49.4 Å². The first-order chi connectivity index (χ1) is 23.9. The van der Waals surface area contributed by atoms with Crippen LogP contribution in [-0.4, -0.2) is 61.0 Å². The van der Waals surface area contributed by atoms with Crippen LogP contribution in [0.2, 0.25) is 0 Å². The van der Waals surface area contributed by atoms with E-state index in [0.717, 1.165) is 68.2 Å². The van der Waals surface area contributed by atoms with E-state index in [1.165, 1.54) is 43.4 Å². The van der Waals surface area contributed by atoms with Crippen LogP contribution in [0.3, 0.4) is 0 Å². The van der Waals surface area contributed by atoms with Gasteiger partial charge in [-0.25, -0.2) is 0 Å². The molecule has 0 saturated carbocycles. The van der Waals surface area contributed by atoms with Crippen LogP contribution in [-0.2, 0) is 4.79 Å². The Morgan fingerprint density at radius 3 is 1.90 bits per heavy atom. The van der Waals surface area contributed by atoms with Crippen LogP contribution < -0.4 is 10.6 Å². The minimum absolute atomic E-state index is 0.0150. The summed E-state index contributed by atoms with van der Waals surface area (Å²) in [4.78, 5) is 52.6. The minimum Gasteiger partial charge on any atom is -0.317 e. The molecule has 1 heterocycles. The van der Waals surface area contributed by atoms with Gasteiger partial charge in [-0.05, 0) is 89.1 Å². The average molecular weight is 664 g/mol. The lowest BCUT2D eigenvalue weighted by molar-refractivity contribution is -0.122. The van der Waals surface area contributed by atoms with Gasteiger partial charge in [0.2, 0.25) is 0 Å². The zero-order chi connectivity index (χ0) is 35.0. The molecule has 0 atom stereocenters. The number of benzene rings is 3. The van der Waals surface area contributed by atoms with E-state index in [1.54, 1.807) is 31.2 Å². The van der Waals surface area contributed by atoms with Gasteiger partial charge in [-0.3, -0.25) is 24.1 Å². The number of amides is 2. The molecule has 0 fully saturated rings. The van der Waals surface area contributed by atoms with Crippen LogP contribution in [0.1, 0.15) is 127 Å². The summed E-state index contributed by atoms with van der Waals surface area (Å²) in [5.41, 5.74) is 3.92. The third kappa shape index (κ3) is 10.2. The lowest BCUT2D eigenvalue weighted by Crippen LogP contribution is -2.43. The molecule has 1 aliphatic rings. The number of hydrogen-bond donors (Lipinski definition) is 2. The lowest BCUT2D eigenvalue weighted by Gasteiger charge is -2.29. The Bertz CT molecular complexity index is 1650. The molecular formula is C42H53N3O4. The Hall–Kier alpha value is -4.20. The number of rotatable bonds is 22. The maximum atomic E-state index is 13.1. The zero-order valence-corrected chi connectivity index (χ0v) is 29.5. The summed E-state index contributed by atoms with van der Waals surface area (Å²) in [5.74, 6) is -0.356. The number of ketones is 2. The van der Waals surface area contributed by atoms with Crippen molar-refractivity contribution in [3.05, 3.63) is 95.1 Å². The number of nitrogens with one attached hydrogen (secondary N) is 2. The van der Waals surface area contributed by atoms with Crippen LogP contribution in [0.25, 0.3) is 22.4 Å². The van der Waals surface area contributed by atoms with Crippen LogP contribution in [0.5, 0.6) is 0 Å². The number of imide groups is 1. The number of unbranched alkanes of at least 4 members (excludes halogenated alkanes) is 7. The first kappa shape index (κ1) is 37.6. The van der Waals surface area contributed by atoms with Gasteiger partial charge in [-0.2, -0.15) is 0 Å². The number of allylic oxidation sites excluding steroid dienone is 1. The third-order valence-electron chi connectivity index (χ3n) is 9.36. The summed E-state index contributed by atoms with van der Waals surface area (Å²) < 4.78 is 0. The van der Waals surface area contributed by atoms with Crippen molar-refractivity contribution in [3.8, 4) is 0 Å². The van der Waals surface area contributed by atoms with E-state index in [0.29, 0.717) is 40.8 Å². The molecule has 7 heteroatoms. The van der Waals surface area contributed by atoms with Crippen LogP contribution in [0.15, 0.2) is 67.3 Å². The number of Topliss-reactive ketones (excluding diaryl/α,β-unsaturated/α-hetero) is 2. The minimum atomic E-state index is -0.224. The van der Waals surface area contributed by atoms with Crippen LogP contribution in [0.4, 0.5) is 0 Å². The molecule has 2 amide bonds. The van der Waals surface area contributed by atoms with Crippen LogP contribution in [0, 0.1) is 0 Å². The lowest BCUT2D eigenvalue weighted by atomic mass is 9.89. The van der Waals surface area contributed by atoms with E-state index in [2.05, 4.69) is 17.2 Å². The van der Waals surface area contributed by atoms with Gasteiger partial charge < -0.3 is 10.6 Å². The van der Waals surface area contributed by atoms with Crippen molar-refractivity contribution in [3.63, 3.8) is 0 Å². The topological polar surface area (TPSA) is 95.6 Å². The van der Waals surface area contributed by atoms with Gasteiger partial charge >= 0.3 is 0 Å². The molecule has 0 aliphatic carbocycles. The number of hydrogen-bond acceptors (Lipinski definition) is 6. The Kier molecular flexibility index (Phi) is 15.1. The fourth-order valence-corrected chi connectivity index (χ4v) is 6.71. The van der Waals surface area contributed by atoms with E-state index >= 15 is 0 Å². The standard InChI is InChI=1S/C42H53N3O4/c1-4-32-19-15-24-37-39(32)34(5-2)41(48)45(42(37)49)30-18-29-44-27-13-10-8-6-7-9-12-26-43-28-14-11-25-38(47)36-23-17-21-33-20-16-22-35(31(3)46)40(33)36/h4-5,15-17,19-24,43-44H,1,6-14,18,25-30H2,2-3H3/b34-5+. The highest BCUT2D eigenvalue weighted by atomic mass is 16.2. The second-order valence-corrected chi connectivity index (χ2v) is 12.9. The van der Waals surface area contributed by atoms with Crippen molar-refractivity contribution < 1.29 is 19.2 Å². The first-order valence-corrected chi connectivity index (χ1v) is 18.1. The van der Waals surface area contributed by atoms with Crippen molar-refractivity contribution in [2.45, 2.75) is 84.5 Å². The molecule has 49 heavy (non-hydrogen) atoms. The van der Waals surface area contributed by atoms with Gasteiger partial charge in [0.1, 0.15) is 0 Å². The summed E-state index contributed by atoms with van der Waals surface area (Å²) >= 11 is 0. The van der Waals surface area contributed by atoms with Crippen molar-refractivity contribution >= 4 is 45.8 Å². The molecule has 1 aliphatic heterocycles. The molecule has 0 unspecified atom stereocenters. The second kappa shape index (κ2) is 19.7. The molecule has 0 spiro atoms. The Labute approximate surface area is 292 Å².